The number of alkyl carbamates (subject to hydrolysis) is 1. The lowest BCUT2D eigenvalue weighted by molar-refractivity contribution is -0.137. The first-order valence-corrected chi connectivity index (χ1v) is 8.83. The Morgan fingerprint density at radius 3 is 2.59 bits per heavy atom. The highest BCUT2D eigenvalue weighted by atomic mass is 19.4. The molecule has 0 aromatic heterocycles. The standard InChI is InChI=1S/C18H24F3N3O3/c1-22-16(25)12-27-17(26)23-8-5-13-6-9-24(10-7-13)15-4-2-3-14(11-15)18(19,20)21/h2-4,11,13H,5-10,12H2,1H3,(H,22,25)(H,23,26). The van der Waals surface area contributed by atoms with Crippen LogP contribution in [0.15, 0.2) is 24.3 Å². The first-order chi connectivity index (χ1) is 12.8. The van der Waals surface area contributed by atoms with Crippen LogP contribution in [0.5, 0.6) is 0 Å². The number of carbonyl (C=O) groups is 2. The monoisotopic (exact) mass is 387 g/mol. The fourth-order valence-corrected chi connectivity index (χ4v) is 2.99. The van der Waals surface area contributed by atoms with Crippen molar-refractivity contribution in [3.63, 3.8) is 0 Å². The molecule has 1 aliphatic heterocycles. The summed E-state index contributed by atoms with van der Waals surface area (Å²) >= 11 is 0. The SMILES string of the molecule is CNC(=O)COC(=O)NCCC1CCN(c2cccc(C(F)(F)F)c2)CC1. The summed E-state index contributed by atoms with van der Waals surface area (Å²) in [6.07, 6.45) is -2.55. The van der Waals surface area contributed by atoms with Gasteiger partial charge in [-0.1, -0.05) is 6.07 Å². The summed E-state index contributed by atoms with van der Waals surface area (Å²) in [5.74, 6) is -0.00148. The van der Waals surface area contributed by atoms with Crippen molar-refractivity contribution in [1.82, 2.24) is 10.6 Å². The van der Waals surface area contributed by atoms with Gasteiger partial charge in [-0.25, -0.2) is 4.79 Å². The van der Waals surface area contributed by atoms with E-state index in [-0.39, 0.29) is 12.5 Å². The zero-order chi connectivity index (χ0) is 19.9. The maximum atomic E-state index is 12.8. The van der Waals surface area contributed by atoms with E-state index < -0.39 is 17.8 Å². The maximum absolute atomic E-state index is 12.8. The Bertz CT molecular complexity index is 644. The third kappa shape index (κ3) is 6.65. The van der Waals surface area contributed by atoms with Gasteiger partial charge >= 0.3 is 12.3 Å². The molecule has 1 aromatic carbocycles. The van der Waals surface area contributed by atoms with E-state index in [2.05, 4.69) is 10.6 Å². The van der Waals surface area contributed by atoms with Crippen LogP contribution in [0.25, 0.3) is 0 Å². The van der Waals surface area contributed by atoms with Crippen LogP contribution in [0.3, 0.4) is 0 Å². The highest BCUT2D eigenvalue weighted by molar-refractivity contribution is 5.79. The van der Waals surface area contributed by atoms with Crippen LogP contribution < -0.4 is 15.5 Å². The second-order valence-electron chi connectivity index (χ2n) is 6.44. The third-order valence-electron chi connectivity index (χ3n) is 4.59. The number of rotatable bonds is 6. The summed E-state index contributed by atoms with van der Waals surface area (Å²) in [5.41, 5.74) is -0.0548. The van der Waals surface area contributed by atoms with Crippen LogP contribution in [0.4, 0.5) is 23.7 Å². The van der Waals surface area contributed by atoms with Gasteiger partial charge in [0.1, 0.15) is 0 Å². The summed E-state index contributed by atoms with van der Waals surface area (Å²) in [6.45, 7) is 1.46. The van der Waals surface area contributed by atoms with Crippen molar-refractivity contribution in [2.45, 2.75) is 25.4 Å². The van der Waals surface area contributed by atoms with Crippen molar-refractivity contribution in [3.8, 4) is 0 Å². The minimum atomic E-state index is -4.34. The summed E-state index contributed by atoms with van der Waals surface area (Å²) < 4.78 is 43.2. The molecular weight excluding hydrogens is 363 g/mol. The highest BCUT2D eigenvalue weighted by Crippen LogP contribution is 2.33. The molecule has 0 spiro atoms. The highest BCUT2D eigenvalue weighted by Gasteiger charge is 2.31. The lowest BCUT2D eigenvalue weighted by Gasteiger charge is -2.34. The molecule has 1 saturated heterocycles. The molecule has 9 heteroatoms. The number of benzene rings is 1. The van der Waals surface area contributed by atoms with E-state index in [4.69, 9.17) is 4.74 Å². The Balaban J connectivity index is 1.71. The first kappa shape index (κ1) is 20.9. The van der Waals surface area contributed by atoms with Gasteiger partial charge in [0.05, 0.1) is 5.56 Å². The molecule has 1 aromatic rings. The number of ether oxygens (including phenoxy) is 1. The largest absolute Gasteiger partial charge is 0.439 e. The summed E-state index contributed by atoms with van der Waals surface area (Å²) in [5, 5.41) is 4.94. The molecule has 0 saturated carbocycles. The predicted molar refractivity (Wildman–Crippen MR) is 94.4 cm³/mol. The fraction of sp³-hybridized carbons (Fsp3) is 0.556. The van der Waals surface area contributed by atoms with Gasteiger partial charge in [-0.2, -0.15) is 13.2 Å². The van der Waals surface area contributed by atoms with E-state index >= 15 is 0 Å². The Hall–Kier alpha value is -2.45. The molecule has 6 nitrogen and oxygen atoms in total. The van der Waals surface area contributed by atoms with Crippen molar-refractivity contribution >= 4 is 17.7 Å². The van der Waals surface area contributed by atoms with Gasteiger partial charge in [-0.15, -0.1) is 0 Å². The van der Waals surface area contributed by atoms with E-state index in [1.54, 1.807) is 6.07 Å². The molecule has 150 valence electrons. The second kappa shape index (κ2) is 9.48. The number of nitrogens with one attached hydrogen (secondary N) is 2. The smallest absolute Gasteiger partial charge is 0.416 e. The zero-order valence-electron chi connectivity index (χ0n) is 15.1. The molecular formula is C18H24F3N3O3. The Kier molecular flexibility index (Phi) is 7.32. The average Bonchev–Trinajstić information content (AvgIpc) is 2.66. The van der Waals surface area contributed by atoms with Crippen molar-refractivity contribution in [2.75, 3.05) is 38.2 Å². The summed E-state index contributed by atoms with van der Waals surface area (Å²) in [6, 6.07) is 5.38. The minimum Gasteiger partial charge on any atom is -0.439 e. The number of nitrogens with zero attached hydrogens (tertiary/aromatic N) is 1. The number of piperidine rings is 1. The van der Waals surface area contributed by atoms with Gasteiger partial charge in [-0.3, -0.25) is 4.79 Å². The van der Waals surface area contributed by atoms with E-state index in [9.17, 15) is 22.8 Å². The predicted octanol–water partition coefficient (Wildman–Crippen LogP) is 2.78. The van der Waals surface area contributed by atoms with Crippen LogP contribution in [0, 0.1) is 5.92 Å². The topological polar surface area (TPSA) is 70.7 Å². The summed E-state index contributed by atoms with van der Waals surface area (Å²) in [7, 11) is 1.45. The van der Waals surface area contributed by atoms with Gasteiger partial charge < -0.3 is 20.3 Å². The van der Waals surface area contributed by atoms with Crippen molar-refractivity contribution in [3.05, 3.63) is 29.8 Å². The van der Waals surface area contributed by atoms with Crippen molar-refractivity contribution in [2.24, 2.45) is 5.92 Å². The number of hydrogen-bond donors (Lipinski definition) is 2. The van der Waals surface area contributed by atoms with Crippen LogP contribution in [-0.4, -0.2) is 45.3 Å². The Labute approximate surface area is 156 Å². The van der Waals surface area contributed by atoms with Gasteiger partial charge in [0.25, 0.3) is 5.91 Å². The molecule has 2 amide bonds. The van der Waals surface area contributed by atoms with Gasteiger partial charge in [-0.05, 0) is 43.4 Å². The third-order valence-corrected chi connectivity index (χ3v) is 4.59. The van der Waals surface area contributed by atoms with Gasteiger partial charge in [0, 0.05) is 32.4 Å². The maximum Gasteiger partial charge on any atom is 0.416 e. The quantitative estimate of drug-likeness (QED) is 0.788. The number of alkyl halides is 3. The van der Waals surface area contributed by atoms with Crippen LogP contribution >= 0.6 is 0 Å². The minimum absolute atomic E-state index is 0.322. The molecule has 27 heavy (non-hydrogen) atoms. The van der Waals surface area contributed by atoms with E-state index in [0.717, 1.165) is 25.3 Å². The number of anilines is 1. The molecule has 0 unspecified atom stereocenters. The molecule has 0 atom stereocenters. The van der Waals surface area contributed by atoms with Crippen LogP contribution in [0.2, 0.25) is 0 Å². The van der Waals surface area contributed by atoms with E-state index in [0.29, 0.717) is 31.2 Å². The number of hydrogen-bond acceptors (Lipinski definition) is 4. The lowest BCUT2D eigenvalue weighted by Crippen LogP contribution is -2.36. The normalized spacial score (nSPS) is 15.3. The van der Waals surface area contributed by atoms with Gasteiger partial charge in [0.2, 0.25) is 0 Å². The Morgan fingerprint density at radius 1 is 1.26 bits per heavy atom. The van der Waals surface area contributed by atoms with Crippen molar-refractivity contribution in [1.29, 1.82) is 0 Å². The molecule has 1 fully saturated rings. The fourth-order valence-electron chi connectivity index (χ4n) is 2.99. The molecule has 1 aliphatic rings. The summed E-state index contributed by atoms with van der Waals surface area (Å²) in [4.78, 5) is 24.4. The van der Waals surface area contributed by atoms with E-state index in [1.165, 1.54) is 19.2 Å². The first-order valence-electron chi connectivity index (χ1n) is 8.83. The molecule has 1 heterocycles. The molecule has 2 rings (SSSR count). The number of carbonyl (C=O) groups excluding carboxylic acids is 2. The van der Waals surface area contributed by atoms with Crippen LogP contribution in [-0.2, 0) is 15.7 Å². The zero-order valence-corrected chi connectivity index (χ0v) is 15.1. The molecule has 0 bridgehead atoms. The van der Waals surface area contributed by atoms with Crippen LogP contribution in [0.1, 0.15) is 24.8 Å². The molecule has 0 radical (unpaired) electrons. The number of amides is 2. The van der Waals surface area contributed by atoms with Gasteiger partial charge in [0.15, 0.2) is 6.61 Å². The van der Waals surface area contributed by atoms with Crippen molar-refractivity contribution < 1.29 is 27.5 Å². The average molecular weight is 387 g/mol. The Morgan fingerprint density at radius 2 is 1.96 bits per heavy atom. The second-order valence-corrected chi connectivity index (χ2v) is 6.44. The number of halogens is 3. The van der Waals surface area contributed by atoms with E-state index in [1.807, 2.05) is 4.90 Å². The molecule has 0 aliphatic carbocycles. The lowest BCUT2D eigenvalue weighted by atomic mass is 9.93. The molecule has 2 N–H and O–H groups in total. The number of likely N-dealkylation sites (N-methyl/N-ethyl adjacent to an activating group) is 1.